The Morgan fingerprint density at radius 2 is 1.59 bits per heavy atom. The molecular formula is C16H22N4O5S2. The summed E-state index contributed by atoms with van der Waals surface area (Å²) in [5.74, 6) is 0.564. The standard InChI is InChI=1S/C16H22N4O5S2/c1-13-16(14(2)25-18-13)12-17-27(23,24)20-10-8-19(9-11-20)26(21,22)15-6-4-3-5-7-15/h3-7,17H,8-12H2,1-2H3. The SMILES string of the molecule is Cc1noc(C)c1CNS(=O)(=O)N1CCN(S(=O)(=O)c2ccccc2)CC1. The number of rotatable bonds is 6. The summed E-state index contributed by atoms with van der Waals surface area (Å²) in [5, 5.41) is 3.80. The lowest BCUT2D eigenvalue weighted by atomic mass is 10.2. The number of benzene rings is 1. The molecule has 1 fully saturated rings. The van der Waals surface area contributed by atoms with Gasteiger partial charge in [0.25, 0.3) is 10.2 Å². The first-order valence-corrected chi connectivity index (χ1v) is 11.3. The fourth-order valence-electron chi connectivity index (χ4n) is 2.90. The summed E-state index contributed by atoms with van der Waals surface area (Å²) in [6.45, 7) is 3.91. The van der Waals surface area contributed by atoms with Crippen molar-refractivity contribution in [3.05, 3.63) is 47.3 Å². The first kappa shape index (κ1) is 20.0. The van der Waals surface area contributed by atoms with Crippen LogP contribution < -0.4 is 4.72 Å². The minimum atomic E-state index is -3.73. The maximum atomic E-state index is 12.6. The third-order valence-electron chi connectivity index (χ3n) is 4.53. The van der Waals surface area contributed by atoms with Gasteiger partial charge in [-0.15, -0.1) is 0 Å². The molecule has 1 aromatic heterocycles. The van der Waals surface area contributed by atoms with Crippen molar-refractivity contribution < 1.29 is 21.4 Å². The highest BCUT2D eigenvalue weighted by Gasteiger charge is 2.33. The Morgan fingerprint density at radius 1 is 1.00 bits per heavy atom. The molecular weight excluding hydrogens is 392 g/mol. The molecule has 1 N–H and O–H groups in total. The van der Waals surface area contributed by atoms with E-state index in [9.17, 15) is 16.8 Å². The Bertz CT molecular complexity index is 975. The van der Waals surface area contributed by atoms with Gasteiger partial charge in [-0.1, -0.05) is 23.4 Å². The first-order chi connectivity index (χ1) is 12.7. The van der Waals surface area contributed by atoms with Crippen molar-refractivity contribution in [2.75, 3.05) is 26.2 Å². The van der Waals surface area contributed by atoms with Crippen molar-refractivity contribution in [2.24, 2.45) is 0 Å². The van der Waals surface area contributed by atoms with Gasteiger partial charge in [-0.3, -0.25) is 0 Å². The van der Waals surface area contributed by atoms with Gasteiger partial charge in [0, 0.05) is 38.3 Å². The molecule has 0 saturated carbocycles. The maximum absolute atomic E-state index is 12.6. The molecule has 0 radical (unpaired) electrons. The van der Waals surface area contributed by atoms with Crippen molar-refractivity contribution >= 4 is 20.2 Å². The molecule has 9 nitrogen and oxygen atoms in total. The van der Waals surface area contributed by atoms with Crippen LogP contribution in [0.2, 0.25) is 0 Å². The van der Waals surface area contributed by atoms with Crippen LogP contribution in [0.3, 0.4) is 0 Å². The summed E-state index contributed by atoms with van der Waals surface area (Å²) >= 11 is 0. The highest BCUT2D eigenvalue weighted by Crippen LogP contribution is 2.18. The third-order valence-corrected chi connectivity index (χ3v) is 8.00. The molecule has 11 heteroatoms. The molecule has 0 bridgehead atoms. The number of hydrogen-bond acceptors (Lipinski definition) is 6. The molecule has 1 aliphatic heterocycles. The normalized spacial score (nSPS) is 17.3. The number of aryl methyl sites for hydroxylation is 2. The Labute approximate surface area is 159 Å². The van der Waals surface area contributed by atoms with Gasteiger partial charge in [0.2, 0.25) is 10.0 Å². The van der Waals surface area contributed by atoms with Gasteiger partial charge in [-0.25, -0.2) is 8.42 Å². The number of nitrogens with one attached hydrogen (secondary N) is 1. The summed E-state index contributed by atoms with van der Waals surface area (Å²) in [5.41, 5.74) is 1.33. The maximum Gasteiger partial charge on any atom is 0.279 e. The largest absolute Gasteiger partial charge is 0.361 e. The lowest BCUT2D eigenvalue weighted by Gasteiger charge is -2.33. The minimum absolute atomic E-state index is 0.0754. The Morgan fingerprint density at radius 3 is 2.15 bits per heavy atom. The topological polar surface area (TPSA) is 113 Å². The molecule has 0 spiro atoms. The zero-order valence-electron chi connectivity index (χ0n) is 15.1. The van der Waals surface area contributed by atoms with Gasteiger partial charge in [0.05, 0.1) is 10.6 Å². The second kappa shape index (κ2) is 7.68. The summed E-state index contributed by atoms with van der Waals surface area (Å²) in [7, 11) is -7.35. The zero-order chi connectivity index (χ0) is 19.7. The van der Waals surface area contributed by atoms with E-state index in [2.05, 4.69) is 9.88 Å². The van der Waals surface area contributed by atoms with Crippen LogP contribution in [0.1, 0.15) is 17.0 Å². The van der Waals surface area contributed by atoms with E-state index in [-0.39, 0.29) is 37.6 Å². The molecule has 27 heavy (non-hydrogen) atoms. The third kappa shape index (κ3) is 4.22. The van der Waals surface area contributed by atoms with Crippen molar-refractivity contribution in [1.82, 2.24) is 18.5 Å². The molecule has 0 atom stereocenters. The predicted octanol–water partition coefficient (Wildman–Crippen LogP) is 0.632. The number of nitrogens with zero attached hydrogens (tertiary/aromatic N) is 3. The molecule has 0 amide bonds. The van der Waals surface area contributed by atoms with E-state index >= 15 is 0 Å². The van der Waals surface area contributed by atoms with Crippen molar-refractivity contribution in [3.8, 4) is 0 Å². The molecule has 0 unspecified atom stereocenters. The van der Waals surface area contributed by atoms with Crippen LogP contribution in [0.25, 0.3) is 0 Å². The van der Waals surface area contributed by atoms with E-state index in [0.717, 1.165) is 0 Å². The van der Waals surface area contributed by atoms with Crippen LogP contribution in [0.15, 0.2) is 39.8 Å². The number of sulfonamides is 1. The lowest BCUT2D eigenvalue weighted by molar-refractivity contribution is 0.270. The van der Waals surface area contributed by atoms with E-state index in [1.807, 2.05) is 0 Å². The van der Waals surface area contributed by atoms with E-state index in [4.69, 9.17) is 4.52 Å². The molecule has 2 aromatic rings. The number of aromatic nitrogens is 1. The molecule has 3 rings (SSSR count). The molecule has 2 heterocycles. The summed E-state index contributed by atoms with van der Waals surface area (Å²) in [6, 6.07) is 8.12. The lowest BCUT2D eigenvalue weighted by Crippen LogP contribution is -2.53. The Hall–Kier alpha value is -1.79. The summed E-state index contributed by atoms with van der Waals surface area (Å²) < 4.78 is 60.4. The fraction of sp³-hybridized carbons (Fsp3) is 0.438. The van der Waals surface area contributed by atoms with Gasteiger partial charge in [0.15, 0.2) is 0 Å². The van der Waals surface area contributed by atoms with E-state index in [1.165, 1.54) is 20.7 Å². The van der Waals surface area contributed by atoms with Gasteiger partial charge >= 0.3 is 0 Å². The highest BCUT2D eigenvalue weighted by atomic mass is 32.2. The summed E-state index contributed by atoms with van der Waals surface area (Å²) in [6.07, 6.45) is 0. The van der Waals surface area contributed by atoms with E-state index in [1.54, 1.807) is 32.0 Å². The number of piperazine rings is 1. The van der Waals surface area contributed by atoms with E-state index in [0.29, 0.717) is 17.0 Å². The number of hydrogen-bond donors (Lipinski definition) is 1. The Balaban J connectivity index is 1.63. The van der Waals surface area contributed by atoms with Crippen LogP contribution >= 0.6 is 0 Å². The van der Waals surface area contributed by atoms with Crippen LogP contribution in [-0.4, -0.2) is 56.8 Å². The van der Waals surface area contributed by atoms with E-state index < -0.39 is 20.2 Å². The van der Waals surface area contributed by atoms with Crippen molar-refractivity contribution in [3.63, 3.8) is 0 Å². The second-order valence-corrected chi connectivity index (χ2v) is 9.94. The molecule has 0 aliphatic carbocycles. The Kier molecular flexibility index (Phi) is 5.68. The molecule has 1 saturated heterocycles. The van der Waals surface area contributed by atoms with Gasteiger partial charge in [0.1, 0.15) is 5.76 Å². The van der Waals surface area contributed by atoms with Crippen molar-refractivity contribution in [2.45, 2.75) is 25.3 Å². The summed E-state index contributed by atoms with van der Waals surface area (Å²) in [4.78, 5) is 0.206. The van der Waals surface area contributed by atoms with Gasteiger partial charge < -0.3 is 4.52 Å². The quantitative estimate of drug-likeness (QED) is 0.742. The molecule has 1 aliphatic rings. The second-order valence-electron chi connectivity index (χ2n) is 6.25. The van der Waals surface area contributed by atoms with Gasteiger partial charge in [-0.2, -0.15) is 21.8 Å². The van der Waals surface area contributed by atoms with Crippen LogP contribution in [0.4, 0.5) is 0 Å². The highest BCUT2D eigenvalue weighted by molar-refractivity contribution is 7.89. The van der Waals surface area contributed by atoms with Crippen LogP contribution in [-0.2, 0) is 26.8 Å². The average molecular weight is 415 g/mol. The molecule has 148 valence electrons. The van der Waals surface area contributed by atoms with Gasteiger partial charge in [-0.05, 0) is 26.0 Å². The van der Waals surface area contributed by atoms with Crippen LogP contribution in [0, 0.1) is 13.8 Å². The predicted molar refractivity (Wildman–Crippen MR) is 98.5 cm³/mol. The fourth-order valence-corrected chi connectivity index (χ4v) is 5.50. The molecule has 1 aromatic carbocycles. The smallest absolute Gasteiger partial charge is 0.279 e. The minimum Gasteiger partial charge on any atom is -0.361 e. The average Bonchev–Trinajstić information content (AvgIpc) is 2.99. The monoisotopic (exact) mass is 414 g/mol. The first-order valence-electron chi connectivity index (χ1n) is 8.43. The zero-order valence-corrected chi connectivity index (χ0v) is 16.8. The van der Waals surface area contributed by atoms with Crippen molar-refractivity contribution in [1.29, 1.82) is 0 Å². The van der Waals surface area contributed by atoms with Crippen LogP contribution in [0.5, 0.6) is 0 Å².